The predicted molar refractivity (Wildman–Crippen MR) is 74.2 cm³/mol. The average Bonchev–Trinajstić information content (AvgIpc) is 2.90. The molecule has 0 saturated heterocycles. The lowest BCUT2D eigenvalue weighted by Gasteiger charge is -2.16. The van der Waals surface area contributed by atoms with Gasteiger partial charge in [0.25, 0.3) is 0 Å². The molecule has 2 aromatic heterocycles. The quantitative estimate of drug-likeness (QED) is 0.937. The minimum Gasteiger partial charge on any atom is -0.386 e. The third-order valence-electron chi connectivity index (χ3n) is 3.26. The highest BCUT2D eigenvalue weighted by Crippen LogP contribution is 2.26. The van der Waals surface area contributed by atoms with Crippen molar-refractivity contribution in [2.75, 3.05) is 0 Å². The van der Waals surface area contributed by atoms with Crippen LogP contribution >= 0.6 is 11.6 Å². The van der Waals surface area contributed by atoms with E-state index in [1.165, 1.54) is 0 Å². The van der Waals surface area contributed by atoms with Gasteiger partial charge in [-0.3, -0.25) is 4.68 Å². The second-order valence-corrected chi connectivity index (χ2v) is 5.38. The third kappa shape index (κ3) is 2.67. The van der Waals surface area contributed by atoms with Gasteiger partial charge in [0.05, 0.1) is 30.0 Å². The van der Waals surface area contributed by atoms with Crippen LogP contribution < -0.4 is 0 Å². The van der Waals surface area contributed by atoms with Gasteiger partial charge in [-0.1, -0.05) is 11.6 Å². The lowest BCUT2D eigenvalue weighted by Crippen LogP contribution is -2.11. The molecule has 104 valence electrons. The van der Waals surface area contributed by atoms with Crippen molar-refractivity contribution < 1.29 is 5.11 Å². The summed E-state index contributed by atoms with van der Waals surface area (Å²) in [4.78, 5) is 4.11. The van der Waals surface area contributed by atoms with Gasteiger partial charge in [-0.05, 0) is 20.8 Å². The van der Waals surface area contributed by atoms with Crippen LogP contribution in [0.4, 0.5) is 0 Å². The van der Waals surface area contributed by atoms with E-state index in [0.717, 1.165) is 17.0 Å². The molecule has 6 heteroatoms. The summed E-state index contributed by atoms with van der Waals surface area (Å²) in [7, 11) is 1.80. The summed E-state index contributed by atoms with van der Waals surface area (Å²) in [6.45, 7) is 6.01. The summed E-state index contributed by atoms with van der Waals surface area (Å²) in [6, 6.07) is 0.262. The van der Waals surface area contributed by atoms with E-state index in [-0.39, 0.29) is 6.04 Å². The Hall–Kier alpha value is -1.33. The van der Waals surface area contributed by atoms with E-state index >= 15 is 0 Å². The van der Waals surface area contributed by atoms with E-state index in [0.29, 0.717) is 11.6 Å². The summed E-state index contributed by atoms with van der Waals surface area (Å²) >= 11 is 6.19. The first kappa shape index (κ1) is 14.1. The van der Waals surface area contributed by atoms with Crippen molar-refractivity contribution in [3.8, 4) is 0 Å². The average molecular weight is 283 g/mol. The highest BCUT2D eigenvalue weighted by atomic mass is 35.5. The number of aliphatic hydroxyl groups is 1. The standard InChI is InChI=1S/C13H19ClN4O/c1-8(2)18-7-15-6-11(18)12(19)5-10-9(3)16-17(4)13(10)14/h6-8,12,19H,5H2,1-4H3. The molecule has 0 spiro atoms. The van der Waals surface area contributed by atoms with Gasteiger partial charge >= 0.3 is 0 Å². The molecular formula is C13H19ClN4O. The fourth-order valence-electron chi connectivity index (χ4n) is 2.21. The zero-order chi connectivity index (χ0) is 14.2. The Bertz CT molecular complexity index is 573. The Morgan fingerprint density at radius 3 is 2.63 bits per heavy atom. The van der Waals surface area contributed by atoms with E-state index in [2.05, 4.69) is 23.9 Å². The molecule has 0 aromatic carbocycles. The molecule has 5 nitrogen and oxygen atoms in total. The Kier molecular flexibility index (Phi) is 3.96. The largest absolute Gasteiger partial charge is 0.386 e. The third-order valence-corrected chi connectivity index (χ3v) is 3.73. The van der Waals surface area contributed by atoms with Crippen LogP contribution in [0.15, 0.2) is 12.5 Å². The van der Waals surface area contributed by atoms with Gasteiger partial charge in [-0.2, -0.15) is 5.10 Å². The first-order chi connectivity index (χ1) is 8.91. The monoisotopic (exact) mass is 282 g/mol. The van der Waals surface area contributed by atoms with Crippen LogP contribution in [0.1, 0.15) is 42.9 Å². The van der Waals surface area contributed by atoms with Crippen molar-refractivity contribution in [3.05, 3.63) is 34.6 Å². The number of hydrogen-bond acceptors (Lipinski definition) is 3. The van der Waals surface area contributed by atoms with Crippen molar-refractivity contribution in [2.45, 2.75) is 39.3 Å². The lowest BCUT2D eigenvalue weighted by atomic mass is 10.1. The van der Waals surface area contributed by atoms with Gasteiger partial charge in [0.15, 0.2) is 0 Å². The summed E-state index contributed by atoms with van der Waals surface area (Å²) in [5.41, 5.74) is 2.53. The maximum absolute atomic E-state index is 10.4. The summed E-state index contributed by atoms with van der Waals surface area (Å²) in [6.07, 6.45) is 3.24. The summed E-state index contributed by atoms with van der Waals surface area (Å²) < 4.78 is 3.59. The smallest absolute Gasteiger partial charge is 0.130 e. The molecule has 1 N–H and O–H groups in total. The number of nitrogens with zero attached hydrogens (tertiary/aromatic N) is 4. The van der Waals surface area contributed by atoms with Gasteiger partial charge in [0.1, 0.15) is 5.15 Å². The van der Waals surface area contributed by atoms with Crippen LogP contribution in [0.3, 0.4) is 0 Å². The van der Waals surface area contributed by atoms with Crippen LogP contribution in [-0.4, -0.2) is 24.4 Å². The van der Waals surface area contributed by atoms with Gasteiger partial charge < -0.3 is 9.67 Å². The number of hydrogen-bond donors (Lipinski definition) is 1. The van der Waals surface area contributed by atoms with E-state index in [1.807, 2.05) is 11.5 Å². The van der Waals surface area contributed by atoms with Crippen molar-refractivity contribution in [1.82, 2.24) is 19.3 Å². The molecular weight excluding hydrogens is 264 g/mol. The lowest BCUT2D eigenvalue weighted by molar-refractivity contribution is 0.167. The molecule has 2 heterocycles. The topological polar surface area (TPSA) is 55.9 Å². The molecule has 0 aliphatic carbocycles. The first-order valence-electron chi connectivity index (χ1n) is 6.29. The molecule has 0 saturated carbocycles. The van der Waals surface area contributed by atoms with E-state index < -0.39 is 6.10 Å². The zero-order valence-electron chi connectivity index (χ0n) is 11.6. The van der Waals surface area contributed by atoms with Crippen molar-refractivity contribution >= 4 is 11.6 Å². The molecule has 0 aliphatic rings. The SMILES string of the molecule is Cc1nn(C)c(Cl)c1CC(O)c1cncn1C(C)C. The summed E-state index contributed by atoms with van der Waals surface area (Å²) in [5, 5.41) is 15.2. The van der Waals surface area contributed by atoms with Crippen LogP contribution in [0.5, 0.6) is 0 Å². The molecule has 0 fully saturated rings. The number of aliphatic hydroxyl groups excluding tert-OH is 1. The normalized spacial score (nSPS) is 13.2. The van der Waals surface area contributed by atoms with Gasteiger partial charge in [0, 0.05) is 25.1 Å². The van der Waals surface area contributed by atoms with Crippen LogP contribution in [0, 0.1) is 6.92 Å². The van der Waals surface area contributed by atoms with Crippen molar-refractivity contribution in [3.63, 3.8) is 0 Å². The molecule has 0 bridgehead atoms. The Balaban J connectivity index is 2.26. The Morgan fingerprint density at radius 2 is 2.11 bits per heavy atom. The molecule has 0 amide bonds. The molecule has 19 heavy (non-hydrogen) atoms. The highest BCUT2D eigenvalue weighted by molar-refractivity contribution is 6.30. The molecule has 2 rings (SSSR count). The second kappa shape index (κ2) is 5.35. The van der Waals surface area contributed by atoms with Gasteiger partial charge in [0.2, 0.25) is 0 Å². The maximum Gasteiger partial charge on any atom is 0.130 e. The van der Waals surface area contributed by atoms with E-state index in [9.17, 15) is 5.11 Å². The van der Waals surface area contributed by atoms with Gasteiger partial charge in [-0.15, -0.1) is 0 Å². The fraction of sp³-hybridized carbons (Fsp3) is 0.538. The fourth-order valence-corrected chi connectivity index (χ4v) is 2.46. The number of halogens is 1. The summed E-state index contributed by atoms with van der Waals surface area (Å²) in [5.74, 6) is 0. The molecule has 1 atom stereocenters. The van der Waals surface area contributed by atoms with Crippen molar-refractivity contribution in [2.24, 2.45) is 7.05 Å². The molecule has 2 aromatic rings. The second-order valence-electron chi connectivity index (χ2n) is 5.02. The maximum atomic E-state index is 10.4. The minimum absolute atomic E-state index is 0.262. The molecule has 1 unspecified atom stereocenters. The predicted octanol–water partition coefficient (Wildman–Crippen LogP) is 2.44. The Morgan fingerprint density at radius 1 is 1.42 bits per heavy atom. The number of rotatable bonds is 4. The van der Waals surface area contributed by atoms with Gasteiger partial charge in [-0.25, -0.2) is 4.98 Å². The van der Waals surface area contributed by atoms with Crippen molar-refractivity contribution in [1.29, 1.82) is 0 Å². The van der Waals surface area contributed by atoms with Crippen LogP contribution in [-0.2, 0) is 13.5 Å². The molecule has 0 radical (unpaired) electrons. The zero-order valence-corrected chi connectivity index (χ0v) is 12.4. The number of aromatic nitrogens is 4. The van der Waals surface area contributed by atoms with E-state index in [4.69, 9.17) is 11.6 Å². The van der Waals surface area contributed by atoms with Crippen LogP contribution in [0.2, 0.25) is 5.15 Å². The first-order valence-corrected chi connectivity index (χ1v) is 6.67. The molecule has 0 aliphatic heterocycles. The number of imidazole rings is 1. The van der Waals surface area contributed by atoms with E-state index in [1.54, 1.807) is 24.3 Å². The highest BCUT2D eigenvalue weighted by Gasteiger charge is 2.20. The Labute approximate surface area is 117 Å². The number of aryl methyl sites for hydroxylation is 2. The van der Waals surface area contributed by atoms with Crippen LogP contribution in [0.25, 0.3) is 0 Å². The minimum atomic E-state index is -0.634.